The number of rotatable bonds is 4. The van der Waals surface area contributed by atoms with Crippen molar-refractivity contribution in [3.05, 3.63) is 138 Å². The topological polar surface area (TPSA) is 27.0 Å². The third-order valence-electron chi connectivity index (χ3n) is 8.03. The molecule has 6 aromatic rings. The van der Waals surface area contributed by atoms with E-state index in [1.54, 1.807) is 0 Å². The van der Waals surface area contributed by atoms with Crippen molar-refractivity contribution in [2.45, 2.75) is 19.3 Å². The van der Waals surface area contributed by atoms with Crippen molar-refractivity contribution in [2.24, 2.45) is 0 Å². The fourth-order valence-electron chi connectivity index (χ4n) is 6.08. The average molecular weight is 487 g/mol. The van der Waals surface area contributed by atoms with Gasteiger partial charge in [0.1, 0.15) is 0 Å². The Morgan fingerprint density at radius 2 is 1.18 bits per heavy atom. The Kier molecular flexibility index (Phi) is 4.90. The summed E-state index contributed by atoms with van der Waals surface area (Å²) in [6.07, 6.45) is 0. The van der Waals surface area contributed by atoms with E-state index in [9.17, 15) is 5.26 Å². The summed E-state index contributed by atoms with van der Waals surface area (Å²) in [6.45, 7) is 4.69. The number of benzene rings is 6. The Morgan fingerprint density at radius 1 is 0.553 bits per heavy atom. The highest BCUT2D eigenvalue weighted by Crippen LogP contribution is 2.50. The summed E-state index contributed by atoms with van der Waals surface area (Å²) in [5, 5.41) is 14.7. The SMILES string of the molecule is CC1(C)c2cccc3ccc4cc(-c5ccc(N(c6ccccc6)c6ccc(C#N)cc6)cc5)cc1c4c23. The molecular formula is C36H26N2. The van der Waals surface area contributed by atoms with E-state index in [1.807, 2.05) is 30.3 Å². The minimum absolute atomic E-state index is 0.0307. The van der Waals surface area contributed by atoms with Gasteiger partial charge in [-0.2, -0.15) is 5.26 Å². The second-order valence-electron chi connectivity index (χ2n) is 10.6. The lowest BCUT2D eigenvalue weighted by molar-refractivity contribution is 0.663. The van der Waals surface area contributed by atoms with E-state index in [0.717, 1.165) is 17.1 Å². The molecule has 0 aromatic heterocycles. The van der Waals surface area contributed by atoms with Crippen LogP contribution >= 0.6 is 0 Å². The van der Waals surface area contributed by atoms with Crippen molar-refractivity contribution < 1.29 is 0 Å². The van der Waals surface area contributed by atoms with Crippen LogP contribution in [0, 0.1) is 11.3 Å². The van der Waals surface area contributed by atoms with Crippen LogP contribution in [0.2, 0.25) is 0 Å². The third kappa shape index (κ3) is 3.33. The second kappa shape index (κ2) is 8.33. The van der Waals surface area contributed by atoms with Crippen LogP contribution in [0.25, 0.3) is 32.7 Å². The van der Waals surface area contributed by atoms with Gasteiger partial charge in [0, 0.05) is 22.5 Å². The van der Waals surface area contributed by atoms with E-state index in [4.69, 9.17) is 0 Å². The van der Waals surface area contributed by atoms with Gasteiger partial charge in [-0.25, -0.2) is 0 Å². The maximum Gasteiger partial charge on any atom is 0.0991 e. The molecule has 0 saturated carbocycles. The van der Waals surface area contributed by atoms with Crippen molar-refractivity contribution in [3.8, 4) is 17.2 Å². The number of anilines is 3. The molecule has 0 bridgehead atoms. The van der Waals surface area contributed by atoms with Crippen LogP contribution in [-0.2, 0) is 5.41 Å². The monoisotopic (exact) mass is 486 g/mol. The van der Waals surface area contributed by atoms with Crippen LogP contribution < -0.4 is 4.90 Å². The minimum atomic E-state index is -0.0307. The molecule has 0 aliphatic heterocycles. The molecule has 2 nitrogen and oxygen atoms in total. The zero-order valence-corrected chi connectivity index (χ0v) is 21.4. The van der Waals surface area contributed by atoms with Crippen molar-refractivity contribution in [1.29, 1.82) is 5.26 Å². The summed E-state index contributed by atoms with van der Waals surface area (Å²) < 4.78 is 0. The maximum atomic E-state index is 9.25. The molecule has 1 aliphatic carbocycles. The minimum Gasteiger partial charge on any atom is -0.311 e. The van der Waals surface area contributed by atoms with Crippen molar-refractivity contribution in [1.82, 2.24) is 0 Å². The van der Waals surface area contributed by atoms with Gasteiger partial charge in [0.15, 0.2) is 0 Å². The number of nitrogens with zero attached hydrogens (tertiary/aromatic N) is 2. The van der Waals surface area contributed by atoms with Crippen LogP contribution in [0.4, 0.5) is 17.1 Å². The predicted molar refractivity (Wildman–Crippen MR) is 158 cm³/mol. The molecule has 7 rings (SSSR count). The average Bonchev–Trinajstić information content (AvgIpc) is 3.20. The van der Waals surface area contributed by atoms with E-state index in [-0.39, 0.29) is 5.41 Å². The smallest absolute Gasteiger partial charge is 0.0991 e. The lowest BCUT2D eigenvalue weighted by Crippen LogP contribution is -2.15. The van der Waals surface area contributed by atoms with E-state index < -0.39 is 0 Å². The van der Waals surface area contributed by atoms with E-state index >= 15 is 0 Å². The summed E-state index contributed by atoms with van der Waals surface area (Å²) in [5.41, 5.74) is 9.06. The molecule has 0 unspecified atom stereocenters. The maximum absolute atomic E-state index is 9.25. The van der Waals surface area contributed by atoms with Crippen LogP contribution in [0.15, 0.2) is 121 Å². The molecule has 0 amide bonds. The molecule has 0 spiro atoms. The molecular weight excluding hydrogens is 460 g/mol. The van der Waals surface area contributed by atoms with Gasteiger partial charge in [0.25, 0.3) is 0 Å². The second-order valence-corrected chi connectivity index (χ2v) is 10.6. The van der Waals surface area contributed by atoms with E-state index in [2.05, 4.69) is 116 Å². The highest BCUT2D eigenvalue weighted by molar-refractivity contribution is 6.15. The van der Waals surface area contributed by atoms with Gasteiger partial charge in [-0.15, -0.1) is 0 Å². The molecule has 0 atom stereocenters. The summed E-state index contributed by atoms with van der Waals surface area (Å²) >= 11 is 0. The van der Waals surface area contributed by atoms with Crippen LogP contribution in [-0.4, -0.2) is 0 Å². The largest absolute Gasteiger partial charge is 0.311 e. The summed E-state index contributed by atoms with van der Waals surface area (Å²) in [4.78, 5) is 2.22. The Hall–Kier alpha value is -4.87. The first-order valence-electron chi connectivity index (χ1n) is 13.0. The molecule has 0 saturated heterocycles. The zero-order chi connectivity index (χ0) is 25.9. The Morgan fingerprint density at radius 3 is 1.89 bits per heavy atom. The fourth-order valence-corrected chi connectivity index (χ4v) is 6.08. The third-order valence-corrected chi connectivity index (χ3v) is 8.03. The van der Waals surface area contributed by atoms with Crippen molar-refractivity contribution >= 4 is 38.6 Å². The molecule has 0 heterocycles. The quantitative estimate of drug-likeness (QED) is 0.232. The normalized spacial score (nSPS) is 13.2. The molecule has 0 radical (unpaired) electrons. The van der Waals surface area contributed by atoms with Gasteiger partial charge >= 0.3 is 0 Å². The van der Waals surface area contributed by atoms with Gasteiger partial charge in [0.05, 0.1) is 11.6 Å². The molecule has 1 aliphatic rings. The Bertz CT molecular complexity index is 1870. The number of para-hydroxylation sites is 1. The van der Waals surface area contributed by atoms with Crippen LogP contribution in [0.1, 0.15) is 30.5 Å². The molecule has 0 fully saturated rings. The summed E-state index contributed by atoms with van der Waals surface area (Å²) in [7, 11) is 0. The Balaban J connectivity index is 1.33. The number of hydrogen-bond donors (Lipinski definition) is 0. The summed E-state index contributed by atoms with van der Waals surface area (Å²) in [5.74, 6) is 0. The van der Waals surface area contributed by atoms with E-state index in [0.29, 0.717) is 5.56 Å². The van der Waals surface area contributed by atoms with Crippen LogP contribution in [0.5, 0.6) is 0 Å². The standard InChI is InChI=1S/C36H26N2/c1-36(2)32-10-6-7-26-13-14-27-21-28(22-33(36)35(27)34(26)32)25-15-19-31(20-16-25)38(29-8-4-3-5-9-29)30-17-11-24(23-37)12-18-30/h3-22H,1-2H3. The predicted octanol–water partition coefficient (Wildman–Crippen LogP) is 9.64. The van der Waals surface area contributed by atoms with Gasteiger partial charge < -0.3 is 4.90 Å². The first kappa shape index (κ1) is 22.3. The summed E-state index contributed by atoms with van der Waals surface area (Å²) in [6, 6.07) is 45.1. The lowest BCUT2D eigenvalue weighted by atomic mass is 9.81. The van der Waals surface area contributed by atoms with Gasteiger partial charge in [0.2, 0.25) is 0 Å². The highest BCUT2D eigenvalue weighted by Gasteiger charge is 2.34. The number of hydrogen-bond acceptors (Lipinski definition) is 2. The van der Waals surface area contributed by atoms with Crippen molar-refractivity contribution in [2.75, 3.05) is 4.90 Å². The fraction of sp³-hybridized carbons (Fsp3) is 0.0833. The van der Waals surface area contributed by atoms with E-state index in [1.165, 1.54) is 43.8 Å². The lowest BCUT2D eigenvalue weighted by Gasteiger charge is -2.26. The van der Waals surface area contributed by atoms with Gasteiger partial charge in [-0.05, 0) is 104 Å². The zero-order valence-electron chi connectivity index (χ0n) is 21.4. The molecule has 2 heteroatoms. The van der Waals surface area contributed by atoms with Gasteiger partial charge in [-0.1, -0.05) is 74.5 Å². The van der Waals surface area contributed by atoms with Gasteiger partial charge in [-0.3, -0.25) is 0 Å². The van der Waals surface area contributed by atoms with Crippen LogP contribution in [0.3, 0.4) is 0 Å². The molecule has 180 valence electrons. The first-order valence-corrected chi connectivity index (χ1v) is 13.0. The molecule has 38 heavy (non-hydrogen) atoms. The highest BCUT2D eigenvalue weighted by atomic mass is 15.1. The molecule has 0 N–H and O–H groups in total. The van der Waals surface area contributed by atoms with Crippen molar-refractivity contribution in [3.63, 3.8) is 0 Å². The Labute approximate surface area is 223 Å². The number of nitriles is 1. The molecule has 6 aromatic carbocycles. The first-order chi connectivity index (χ1) is 18.5.